The van der Waals surface area contributed by atoms with Crippen LogP contribution in [0.1, 0.15) is 19.8 Å². The van der Waals surface area contributed by atoms with E-state index in [1.165, 1.54) is 6.79 Å². The highest BCUT2D eigenvalue weighted by Gasteiger charge is 2.26. The molecule has 1 atom stereocenters. The molecule has 1 aliphatic heterocycles. The van der Waals surface area contributed by atoms with Gasteiger partial charge in [0.05, 0.1) is 13.2 Å². The minimum atomic E-state index is -0.554. The van der Waals surface area contributed by atoms with Gasteiger partial charge in [0.25, 0.3) is 0 Å². The Balaban J connectivity index is 2.10. The highest BCUT2D eigenvalue weighted by Crippen LogP contribution is 2.08. The maximum Gasteiger partial charge on any atom is 0.337 e. The first kappa shape index (κ1) is 9.48. The largest absolute Gasteiger partial charge is 0.464 e. The molecule has 0 aromatic rings. The molecule has 1 unspecified atom stereocenters. The van der Waals surface area contributed by atoms with E-state index < -0.39 is 6.10 Å². The van der Waals surface area contributed by atoms with E-state index in [-0.39, 0.29) is 12.6 Å². The minimum absolute atomic E-state index is 0.269. The Bertz CT molecular complexity index is 140. The van der Waals surface area contributed by atoms with E-state index in [9.17, 15) is 4.79 Å². The molecule has 1 aliphatic rings. The second kappa shape index (κ2) is 5.11. The smallest absolute Gasteiger partial charge is 0.337 e. The van der Waals surface area contributed by atoms with E-state index in [0.717, 1.165) is 12.8 Å². The summed E-state index contributed by atoms with van der Waals surface area (Å²) in [5, 5.41) is 0. The lowest BCUT2D eigenvalue weighted by Gasteiger charge is -2.06. The molecular weight excluding hydrogens is 160 g/mol. The number of esters is 1. The van der Waals surface area contributed by atoms with Gasteiger partial charge < -0.3 is 14.2 Å². The van der Waals surface area contributed by atoms with Crippen molar-refractivity contribution in [2.45, 2.75) is 25.9 Å². The van der Waals surface area contributed by atoms with E-state index in [1.807, 2.05) is 6.92 Å². The van der Waals surface area contributed by atoms with Crippen LogP contribution in [-0.2, 0) is 19.0 Å². The number of hydrogen-bond acceptors (Lipinski definition) is 4. The summed E-state index contributed by atoms with van der Waals surface area (Å²) < 4.78 is 14.5. The van der Waals surface area contributed by atoms with Gasteiger partial charge in [0.2, 0.25) is 6.79 Å². The molecule has 0 bridgehead atoms. The molecule has 0 amide bonds. The standard InChI is InChI=1S/C8H13O4/c1-2-3-4-11-8(9)7-5-10-6-12-7/h6-7H,2-5H2,1H3. The average Bonchev–Trinajstić information content (AvgIpc) is 2.56. The van der Waals surface area contributed by atoms with Crippen molar-refractivity contribution in [3.05, 3.63) is 6.79 Å². The third-order valence-electron chi connectivity index (χ3n) is 1.54. The van der Waals surface area contributed by atoms with Crippen LogP contribution in [0.2, 0.25) is 0 Å². The van der Waals surface area contributed by atoms with Crippen molar-refractivity contribution < 1.29 is 19.0 Å². The lowest BCUT2D eigenvalue weighted by Crippen LogP contribution is -2.25. The summed E-state index contributed by atoms with van der Waals surface area (Å²) in [6, 6.07) is 0. The Labute approximate surface area is 71.8 Å². The first-order chi connectivity index (χ1) is 5.84. The summed E-state index contributed by atoms with van der Waals surface area (Å²) in [5.41, 5.74) is 0. The quantitative estimate of drug-likeness (QED) is 0.467. The Hall–Kier alpha value is -0.610. The molecule has 0 aromatic heterocycles. The van der Waals surface area contributed by atoms with Gasteiger partial charge in [0.15, 0.2) is 6.10 Å². The summed E-state index contributed by atoms with van der Waals surface area (Å²) in [5.74, 6) is -0.336. The molecule has 0 aliphatic carbocycles. The Morgan fingerprint density at radius 2 is 2.58 bits per heavy atom. The molecular formula is C8H13O4. The van der Waals surface area contributed by atoms with Gasteiger partial charge in [0, 0.05) is 0 Å². The fraction of sp³-hybridized carbons (Fsp3) is 0.750. The second-order valence-corrected chi connectivity index (χ2v) is 2.58. The molecule has 0 N–H and O–H groups in total. The monoisotopic (exact) mass is 173 g/mol. The molecule has 0 spiro atoms. The normalized spacial score (nSPS) is 22.6. The molecule has 4 heteroatoms. The third-order valence-corrected chi connectivity index (χ3v) is 1.54. The molecule has 4 nitrogen and oxygen atoms in total. The van der Waals surface area contributed by atoms with Crippen LogP contribution in [0.15, 0.2) is 0 Å². The van der Waals surface area contributed by atoms with Crippen molar-refractivity contribution in [2.24, 2.45) is 0 Å². The van der Waals surface area contributed by atoms with Crippen LogP contribution in [0, 0.1) is 6.79 Å². The van der Waals surface area contributed by atoms with Crippen LogP contribution in [0.5, 0.6) is 0 Å². The van der Waals surface area contributed by atoms with Gasteiger partial charge in [-0.25, -0.2) is 4.79 Å². The molecule has 1 rings (SSSR count). The number of carbonyl (C=O) groups excluding carboxylic acids is 1. The van der Waals surface area contributed by atoms with E-state index in [0.29, 0.717) is 6.61 Å². The number of hydrogen-bond donors (Lipinski definition) is 0. The zero-order valence-corrected chi connectivity index (χ0v) is 7.12. The lowest BCUT2D eigenvalue weighted by atomic mass is 10.3. The van der Waals surface area contributed by atoms with Crippen LogP contribution in [-0.4, -0.2) is 25.3 Å². The summed E-state index contributed by atoms with van der Waals surface area (Å²) in [6.45, 7) is 3.95. The molecule has 1 saturated heterocycles. The Morgan fingerprint density at radius 1 is 1.75 bits per heavy atom. The van der Waals surface area contributed by atoms with Crippen molar-refractivity contribution in [1.82, 2.24) is 0 Å². The van der Waals surface area contributed by atoms with Gasteiger partial charge in [-0.2, -0.15) is 0 Å². The highest BCUT2D eigenvalue weighted by molar-refractivity contribution is 5.75. The van der Waals surface area contributed by atoms with Crippen LogP contribution < -0.4 is 0 Å². The minimum Gasteiger partial charge on any atom is -0.464 e. The van der Waals surface area contributed by atoms with Crippen LogP contribution in [0.25, 0.3) is 0 Å². The fourth-order valence-electron chi connectivity index (χ4n) is 0.806. The number of ether oxygens (including phenoxy) is 3. The molecule has 12 heavy (non-hydrogen) atoms. The summed E-state index contributed by atoms with van der Waals surface area (Å²) in [7, 11) is 0. The molecule has 1 heterocycles. The maximum absolute atomic E-state index is 11.1. The van der Waals surface area contributed by atoms with Gasteiger partial charge in [0.1, 0.15) is 0 Å². The van der Waals surface area contributed by atoms with Crippen LogP contribution >= 0.6 is 0 Å². The fourth-order valence-corrected chi connectivity index (χ4v) is 0.806. The molecule has 0 aromatic carbocycles. The van der Waals surface area contributed by atoms with Gasteiger partial charge in [-0.05, 0) is 6.42 Å². The van der Waals surface area contributed by atoms with E-state index in [4.69, 9.17) is 14.2 Å². The van der Waals surface area contributed by atoms with Gasteiger partial charge >= 0.3 is 5.97 Å². The summed E-state index contributed by atoms with van der Waals surface area (Å²) in [6.07, 6.45) is 1.35. The highest BCUT2D eigenvalue weighted by atomic mass is 16.7. The SMILES string of the molecule is CCCCOC(=O)C1CO[CH]O1. The third kappa shape index (κ3) is 2.79. The zero-order chi connectivity index (χ0) is 8.81. The van der Waals surface area contributed by atoms with Gasteiger partial charge in [-0.15, -0.1) is 0 Å². The van der Waals surface area contributed by atoms with Gasteiger partial charge in [-0.1, -0.05) is 13.3 Å². The van der Waals surface area contributed by atoms with Crippen molar-refractivity contribution in [1.29, 1.82) is 0 Å². The Morgan fingerprint density at radius 3 is 3.17 bits per heavy atom. The van der Waals surface area contributed by atoms with E-state index in [2.05, 4.69) is 0 Å². The molecule has 69 valence electrons. The van der Waals surface area contributed by atoms with Crippen molar-refractivity contribution in [3.8, 4) is 0 Å². The van der Waals surface area contributed by atoms with E-state index >= 15 is 0 Å². The van der Waals surface area contributed by atoms with Crippen LogP contribution in [0.3, 0.4) is 0 Å². The topological polar surface area (TPSA) is 44.8 Å². The predicted octanol–water partition coefficient (Wildman–Crippen LogP) is 0.864. The van der Waals surface area contributed by atoms with Crippen molar-refractivity contribution in [2.75, 3.05) is 13.2 Å². The van der Waals surface area contributed by atoms with Crippen molar-refractivity contribution in [3.63, 3.8) is 0 Å². The zero-order valence-electron chi connectivity index (χ0n) is 7.12. The van der Waals surface area contributed by atoms with E-state index in [1.54, 1.807) is 0 Å². The molecule has 0 saturated carbocycles. The average molecular weight is 173 g/mol. The van der Waals surface area contributed by atoms with Crippen molar-refractivity contribution >= 4 is 5.97 Å². The number of unbranched alkanes of at least 4 members (excludes halogenated alkanes) is 1. The molecule has 1 radical (unpaired) electrons. The van der Waals surface area contributed by atoms with Crippen LogP contribution in [0.4, 0.5) is 0 Å². The first-order valence-corrected chi connectivity index (χ1v) is 4.10. The number of rotatable bonds is 4. The second-order valence-electron chi connectivity index (χ2n) is 2.58. The number of carbonyl (C=O) groups is 1. The Kier molecular flexibility index (Phi) is 4.04. The first-order valence-electron chi connectivity index (χ1n) is 4.10. The summed E-state index contributed by atoms with van der Waals surface area (Å²) >= 11 is 0. The summed E-state index contributed by atoms with van der Waals surface area (Å²) in [4.78, 5) is 11.1. The predicted molar refractivity (Wildman–Crippen MR) is 41.0 cm³/mol. The molecule has 1 fully saturated rings. The maximum atomic E-state index is 11.1. The van der Waals surface area contributed by atoms with Gasteiger partial charge in [-0.3, -0.25) is 0 Å². The lowest BCUT2D eigenvalue weighted by molar-refractivity contribution is -0.152.